The second-order valence-corrected chi connectivity index (χ2v) is 4.45. The van der Waals surface area contributed by atoms with Gasteiger partial charge >= 0.3 is 0 Å². The summed E-state index contributed by atoms with van der Waals surface area (Å²) in [7, 11) is -2.12. The van der Waals surface area contributed by atoms with Gasteiger partial charge < -0.3 is 31.9 Å². The minimum Gasteiger partial charge on any atom is -0.338 e. The highest BCUT2D eigenvalue weighted by atomic mass is 31.2. The Hall–Kier alpha value is 0.150. The predicted octanol–water partition coefficient (Wildman–Crippen LogP) is -1.20. The van der Waals surface area contributed by atoms with E-state index in [4.69, 9.17) is 21.3 Å². The lowest BCUT2D eigenvalue weighted by Gasteiger charge is -2.04. The Morgan fingerprint density at radius 3 is 1.28 bits per heavy atom. The number of unbranched alkanes of at least 4 members (excludes halogenated alkanes) is 1. The zero-order chi connectivity index (χ0) is 14.1. The monoisotopic (exact) mass is 283 g/mol. The van der Waals surface area contributed by atoms with Crippen LogP contribution in [-0.2, 0) is 0 Å². The zero-order valence-corrected chi connectivity index (χ0v) is 12.0. The summed E-state index contributed by atoms with van der Waals surface area (Å²) in [4.78, 5) is 14.9. The molecule has 0 spiro atoms. The van der Waals surface area contributed by atoms with Crippen LogP contribution in [0.1, 0.15) is 25.7 Å². The van der Waals surface area contributed by atoms with E-state index in [-0.39, 0.29) is 0 Å². The summed E-state index contributed by atoms with van der Waals surface area (Å²) in [6.45, 7) is 5.90. The van der Waals surface area contributed by atoms with Crippen molar-refractivity contribution in [3.05, 3.63) is 0 Å². The second kappa shape index (κ2) is 19.5. The minimum absolute atomic E-state index is 0.785. The first-order valence-corrected chi connectivity index (χ1v) is 7.71. The minimum atomic E-state index is -2.12. The summed E-state index contributed by atoms with van der Waals surface area (Å²) in [5, 5.41) is 6.72. The third kappa shape index (κ3) is 29.8. The molecule has 0 aliphatic carbocycles. The highest BCUT2D eigenvalue weighted by Crippen LogP contribution is 2.05. The molecule has 7 nitrogen and oxygen atoms in total. The Labute approximate surface area is 111 Å². The summed E-state index contributed by atoms with van der Waals surface area (Å²) in [6.07, 6.45) is 4.63. The standard InChI is InChI=1S/C10H26N4.H4NO2P/c11-5-3-9-13-7-1-2-8-14-10-4-6-12;1-4(2)3/h13-14H,1-12H2;2-3H,1H2. The van der Waals surface area contributed by atoms with E-state index in [1.54, 1.807) is 0 Å². The van der Waals surface area contributed by atoms with Gasteiger partial charge in [0, 0.05) is 0 Å². The number of rotatable bonds is 11. The summed E-state index contributed by atoms with van der Waals surface area (Å²) in [6, 6.07) is 0. The van der Waals surface area contributed by atoms with Crippen LogP contribution in [0, 0.1) is 0 Å². The molecule has 0 rings (SSSR count). The van der Waals surface area contributed by atoms with Gasteiger partial charge in [0.2, 0.25) is 8.53 Å². The molecule has 0 bridgehead atoms. The molecule has 0 aliphatic rings. The van der Waals surface area contributed by atoms with E-state index in [0.29, 0.717) is 0 Å². The van der Waals surface area contributed by atoms with Crippen LogP contribution in [0.3, 0.4) is 0 Å². The Morgan fingerprint density at radius 1 is 0.722 bits per heavy atom. The van der Waals surface area contributed by atoms with Gasteiger partial charge in [-0.05, 0) is 65.0 Å². The SMILES string of the molecule is NCCCNCCCCNCCCN.NP(O)O. The smallest absolute Gasteiger partial charge is 0.247 e. The second-order valence-electron chi connectivity index (χ2n) is 3.81. The van der Waals surface area contributed by atoms with E-state index >= 15 is 0 Å². The molecular weight excluding hydrogens is 253 g/mol. The average molecular weight is 283 g/mol. The van der Waals surface area contributed by atoms with Gasteiger partial charge in [-0.3, -0.25) is 5.50 Å². The van der Waals surface area contributed by atoms with Gasteiger partial charge in [-0.15, -0.1) is 0 Å². The fraction of sp³-hybridized carbons (Fsp3) is 1.00. The van der Waals surface area contributed by atoms with Gasteiger partial charge in [0.25, 0.3) is 0 Å². The summed E-state index contributed by atoms with van der Waals surface area (Å²) in [5.74, 6) is 0. The lowest BCUT2D eigenvalue weighted by molar-refractivity contribution is 0.485. The van der Waals surface area contributed by atoms with Gasteiger partial charge in [-0.1, -0.05) is 0 Å². The molecule has 112 valence electrons. The molecule has 0 aromatic heterocycles. The predicted molar refractivity (Wildman–Crippen MR) is 77.9 cm³/mol. The van der Waals surface area contributed by atoms with Crippen molar-refractivity contribution in [1.82, 2.24) is 10.6 Å². The summed E-state index contributed by atoms with van der Waals surface area (Å²) in [5.41, 5.74) is 15.0. The van der Waals surface area contributed by atoms with Gasteiger partial charge in [-0.25, -0.2) is 0 Å². The van der Waals surface area contributed by atoms with Crippen LogP contribution < -0.4 is 27.6 Å². The van der Waals surface area contributed by atoms with E-state index in [2.05, 4.69) is 16.1 Å². The molecule has 0 heterocycles. The zero-order valence-electron chi connectivity index (χ0n) is 11.1. The molecule has 8 heteroatoms. The Kier molecular flexibility index (Phi) is 22.2. The molecule has 18 heavy (non-hydrogen) atoms. The average Bonchev–Trinajstić information content (AvgIpc) is 2.31. The van der Waals surface area contributed by atoms with Crippen LogP contribution in [0.5, 0.6) is 0 Å². The highest BCUT2D eigenvalue weighted by Gasteiger charge is 1.89. The van der Waals surface area contributed by atoms with E-state index in [1.165, 1.54) is 12.8 Å². The maximum Gasteiger partial charge on any atom is 0.247 e. The van der Waals surface area contributed by atoms with Crippen molar-refractivity contribution in [2.45, 2.75) is 25.7 Å². The van der Waals surface area contributed by atoms with E-state index < -0.39 is 8.53 Å². The third-order valence-corrected chi connectivity index (χ3v) is 2.07. The van der Waals surface area contributed by atoms with E-state index in [9.17, 15) is 0 Å². The van der Waals surface area contributed by atoms with Crippen LogP contribution in [0.2, 0.25) is 0 Å². The van der Waals surface area contributed by atoms with Crippen molar-refractivity contribution in [2.24, 2.45) is 17.0 Å². The number of hydrogen-bond acceptors (Lipinski definition) is 7. The Morgan fingerprint density at radius 2 is 1.00 bits per heavy atom. The molecule has 0 atom stereocenters. The summed E-state index contributed by atoms with van der Waals surface area (Å²) >= 11 is 0. The first-order valence-electron chi connectivity index (χ1n) is 6.39. The highest BCUT2D eigenvalue weighted by molar-refractivity contribution is 7.42. The normalized spacial score (nSPS) is 10.3. The number of nitrogens with one attached hydrogen (secondary N) is 2. The van der Waals surface area contributed by atoms with Crippen molar-refractivity contribution in [2.75, 3.05) is 39.3 Å². The fourth-order valence-corrected chi connectivity index (χ4v) is 1.20. The van der Waals surface area contributed by atoms with Crippen LogP contribution in [0.25, 0.3) is 0 Å². The molecule has 0 aliphatic heterocycles. The van der Waals surface area contributed by atoms with E-state index in [0.717, 1.165) is 52.1 Å². The molecule has 0 aromatic rings. The molecule has 0 saturated carbocycles. The topological polar surface area (TPSA) is 143 Å². The molecule has 10 N–H and O–H groups in total. The first kappa shape index (κ1) is 20.5. The lowest BCUT2D eigenvalue weighted by atomic mass is 10.3. The molecule has 0 radical (unpaired) electrons. The van der Waals surface area contributed by atoms with Crippen molar-refractivity contribution in [3.8, 4) is 0 Å². The number of nitrogens with two attached hydrogens (primary N) is 3. The quantitative estimate of drug-likeness (QED) is 0.186. The van der Waals surface area contributed by atoms with Gasteiger partial charge in [0.1, 0.15) is 0 Å². The van der Waals surface area contributed by atoms with Crippen molar-refractivity contribution in [3.63, 3.8) is 0 Å². The largest absolute Gasteiger partial charge is 0.338 e. The van der Waals surface area contributed by atoms with Crippen LogP contribution >= 0.6 is 8.53 Å². The maximum absolute atomic E-state index is 7.45. The van der Waals surface area contributed by atoms with Crippen molar-refractivity contribution < 1.29 is 9.79 Å². The summed E-state index contributed by atoms with van der Waals surface area (Å²) < 4.78 is 0. The maximum atomic E-state index is 7.45. The molecular formula is C10H30N5O2P. The first-order chi connectivity index (χ1) is 8.65. The van der Waals surface area contributed by atoms with Crippen LogP contribution in [0.15, 0.2) is 0 Å². The van der Waals surface area contributed by atoms with Crippen molar-refractivity contribution >= 4 is 8.53 Å². The molecule has 0 amide bonds. The number of hydrogen-bond donors (Lipinski definition) is 7. The molecule has 0 unspecified atom stereocenters. The fourth-order valence-electron chi connectivity index (χ4n) is 1.20. The molecule has 0 saturated heterocycles. The van der Waals surface area contributed by atoms with Gasteiger partial charge in [0.15, 0.2) is 0 Å². The molecule has 0 aromatic carbocycles. The van der Waals surface area contributed by atoms with Crippen LogP contribution in [0.4, 0.5) is 0 Å². The Bertz CT molecular complexity index is 129. The van der Waals surface area contributed by atoms with Gasteiger partial charge in [-0.2, -0.15) is 0 Å². The Balaban J connectivity index is 0. The van der Waals surface area contributed by atoms with E-state index in [1.807, 2.05) is 0 Å². The van der Waals surface area contributed by atoms with Crippen LogP contribution in [-0.4, -0.2) is 49.1 Å². The van der Waals surface area contributed by atoms with Crippen molar-refractivity contribution in [1.29, 1.82) is 0 Å². The van der Waals surface area contributed by atoms with Gasteiger partial charge in [0.05, 0.1) is 0 Å². The third-order valence-electron chi connectivity index (χ3n) is 2.07. The lowest BCUT2D eigenvalue weighted by Crippen LogP contribution is -2.22. The molecule has 0 fully saturated rings.